The van der Waals surface area contributed by atoms with Crippen molar-refractivity contribution >= 4 is 5.91 Å². The maximum atomic E-state index is 12.2. The molecule has 0 aliphatic heterocycles. The highest BCUT2D eigenvalue weighted by atomic mass is 16.5. The molecule has 0 radical (unpaired) electrons. The Hall–Kier alpha value is -2.76. The van der Waals surface area contributed by atoms with E-state index in [4.69, 9.17) is 9.47 Å². The van der Waals surface area contributed by atoms with Gasteiger partial charge in [0.25, 0.3) is 5.91 Å². The third kappa shape index (κ3) is 3.59. The van der Waals surface area contributed by atoms with Crippen LogP contribution in [-0.2, 0) is 11.2 Å². The van der Waals surface area contributed by atoms with Crippen molar-refractivity contribution in [2.75, 3.05) is 13.7 Å². The zero-order valence-electron chi connectivity index (χ0n) is 13.5. The van der Waals surface area contributed by atoms with E-state index in [-0.39, 0.29) is 24.1 Å². The van der Waals surface area contributed by atoms with E-state index in [1.807, 2.05) is 12.1 Å². The fraction of sp³-hybridized carbons (Fsp3) is 0.333. The number of rotatable bonds is 5. The molecule has 2 aromatic rings. The summed E-state index contributed by atoms with van der Waals surface area (Å²) in [5.41, 5.74) is 1.77. The fourth-order valence-electron chi connectivity index (χ4n) is 2.97. The monoisotopic (exact) mass is 328 g/mol. The number of methoxy groups -OCH3 is 1. The predicted octanol–water partition coefficient (Wildman–Crippen LogP) is 1.96. The molecule has 0 saturated carbocycles. The molecule has 0 fully saturated rings. The van der Waals surface area contributed by atoms with Gasteiger partial charge in [0.1, 0.15) is 0 Å². The average Bonchev–Trinajstić information content (AvgIpc) is 2.60. The van der Waals surface area contributed by atoms with Crippen LogP contribution in [0, 0.1) is 0 Å². The van der Waals surface area contributed by atoms with Crippen LogP contribution in [0.3, 0.4) is 0 Å². The third-order valence-corrected chi connectivity index (χ3v) is 4.09. The molecule has 0 saturated heterocycles. The molecule has 1 aliphatic rings. The average molecular weight is 328 g/mol. The summed E-state index contributed by atoms with van der Waals surface area (Å²) in [6, 6.07) is 10.4. The number of aryl methyl sites for hydroxylation is 1. The second kappa shape index (κ2) is 7.21. The SMILES string of the molecule is COc1ccccc1OCC(=O)NC1CCCc2[nH]c(=O)ccc21. The van der Waals surface area contributed by atoms with Gasteiger partial charge < -0.3 is 19.8 Å². The van der Waals surface area contributed by atoms with Crippen LogP contribution in [0.1, 0.15) is 30.1 Å². The number of hydrogen-bond donors (Lipinski definition) is 2. The van der Waals surface area contributed by atoms with Gasteiger partial charge >= 0.3 is 0 Å². The minimum absolute atomic E-state index is 0.0877. The summed E-state index contributed by atoms with van der Waals surface area (Å²) < 4.78 is 10.7. The number of nitrogens with one attached hydrogen (secondary N) is 2. The predicted molar refractivity (Wildman–Crippen MR) is 89.4 cm³/mol. The summed E-state index contributed by atoms with van der Waals surface area (Å²) in [5, 5.41) is 2.98. The first-order valence-corrected chi connectivity index (χ1v) is 7.94. The molecule has 2 N–H and O–H groups in total. The molecule has 1 unspecified atom stereocenters. The minimum atomic E-state index is -0.204. The molecule has 1 atom stereocenters. The van der Waals surface area contributed by atoms with E-state index in [0.717, 1.165) is 30.5 Å². The molecule has 1 aromatic carbocycles. The van der Waals surface area contributed by atoms with E-state index < -0.39 is 0 Å². The molecule has 3 rings (SSSR count). The van der Waals surface area contributed by atoms with Gasteiger partial charge in [-0.3, -0.25) is 9.59 Å². The van der Waals surface area contributed by atoms with Crippen LogP contribution >= 0.6 is 0 Å². The van der Waals surface area contributed by atoms with E-state index in [0.29, 0.717) is 11.5 Å². The quantitative estimate of drug-likeness (QED) is 0.879. The minimum Gasteiger partial charge on any atom is -0.493 e. The number of hydrogen-bond acceptors (Lipinski definition) is 4. The van der Waals surface area contributed by atoms with Crippen molar-refractivity contribution in [3.05, 3.63) is 58.0 Å². The molecule has 24 heavy (non-hydrogen) atoms. The topological polar surface area (TPSA) is 80.4 Å². The Kier molecular flexibility index (Phi) is 4.84. The van der Waals surface area contributed by atoms with Gasteiger partial charge in [-0.05, 0) is 43.0 Å². The van der Waals surface area contributed by atoms with Gasteiger partial charge in [0, 0.05) is 11.8 Å². The summed E-state index contributed by atoms with van der Waals surface area (Å²) in [7, 11) is 1.56. The van der Waals surface area contributed by atoms with E-state index in [9.17, 15) is 9.59 Å². The van der Waals surface area contributed by atoms with Gasteiger partial charge in [-0.2, -0.15) is 0 Å². The molecule has 1 aliphatic carbocycles. The number of carbonyl (C=O) groups excluding carboxylic acids is 1. The van der Waals surface area contributed by atoms with Gasteiger partial charge in [0.2, 0.25) is 5.56 Å². The Labute approximate surface area is 139 Å². The highest BCUT2D eigenvalue weighted by Gasteiger charge is 2.22. The lowest BCUT2D eigenvalue weighted by Gasteiger charge is -2.25. The molecule has 0 spiro atoms. The Balaban J connectivity index is 1.63. The number of aromatic amines is 1. The van der Waals surface area contributed by atoms with Crippen LogP contribution in [0.15, 0.2) is 41.2 Å². The van der Waals surface area contributed by atoms with Gasteiger partial charge in [0.15, 0.2) is 18.1 Å². The normalized spacial score (nSPS) is 16.1. The zero-order valence-corrected chi connectivity index (χ0v) is 13.5. The standard InChI is InChI=1S/C18H20N2O4/c1-23-15-7-2-3-8-16(15)24-11-18(22)20-14-6-4-5-13-12(14)9-10-17(21)19-13/h2-3,7-10,14H,4-6,11H2,1H3,(H,19,21)(H,20,22). The number of ether oxygens (including phenoxy) is 2. The van der Waals surface area contributed by atoms with Crippen molar-refractivity contribution in [3.8, 4) is 11.5 Å². The van der Waals surface area contributed by atoms with Crippen molar-refractivity contribution in [3.63, 3.8) is 0 Å². The summed E-state index contributed by atoms with van der Waals surface area (Å²) in [5.74, 6) is 0.916. The number of H-pyrrole nitrogens is 1. The number of benzene rings is 1. The summed E-state index contributed by atoms with van der Waals surface area (Å²) in [4.78, 5) is 26.5. The van der Waals surface area contributed by atoms with Crippen LogP contribution in [0.25, 0.3) is 0 Å². The first-order chi connectivity index (χ1) is 11.7. The number of aromatic nitrogens is 1. The van der Waals surface area contributed by atoms with Gasteiger partial charge in [-0.1, -0.05) is 12.1 Å². The van der Waals surface area contributed by atoms with E-state index in [1.54, 1.807) is 25.3 Å². The molecule has 0 bridgehead atoms. The van der Waals surface area contributed by atoms with Gasteiger partial charge in [-0.15, -0.1) is 0 Å². The van der Waals surface area contributed by atoms with Gasteiger partial charge in [0.05, 0.1) is 13.2 Å². The second-order valence-electron chi connectivity index (χ2n) is 5.71. The molecule has 6 heteroatoms. The number of fused-ring (bicyclic) bond motifs is 1. The molecule has 126 valence electrons. The largest absolute Gasteiger partial charge is 0.493 e. The van der Waals surface area contributed by atoms with E-state index in [2.05, 4.69) is 10.3 Å². The van der Waals surface area contributed by atoms with Crippen LogP contribution in [0.2, 0.25) is 0 Å². The first kappa shape index (κ1) is 16.1. The number of carbonyl (C=O) groups is 1. The Bertz CT molecular complexity index is 785. The molecule has 1 aromatic heterocycles. The second-order valence-corrected chi connectivity index (χ2v) is 5.71. The third-order valence-electron chi connectivity index (χ3n) is 4.09. The van der Waals surface area contributed by atoms with Crippen LogP contribution in [0.4, 0.5) is 0 Å². The van der Waals surface area contributed by atoms with Gasteiger partial charge in [-0.25, -0.2) is 0 Å². The number of para-hydroxylation sites is 2. The zero-order chi connectivity index (χ0) is 16.9. The smallest absolute Gasteiger partial charge is 0.258 e. The van der Waals surface area contributed by atoms with Crippen molar-refractivity contribution in [2.45, 2.75) is 25.3 Å². The maximum absolute atomic E-state index is 12.2. The molecular weight excluding hydrogens is 308 g/mol. The highest BCUT2D eigenvalue weighted by Crippen LogP contribution is 2.28. The lowest BCUT2D eigenvalue weighted by molar-refractivity contribution is -0.124. The maximum Gasteiger partial charge on any atom is 0.258 e. The van der Waals surface area contributed by atoms with Crippen molar-refractivity contribution < 1.29 is 14.3 Å². The number of pyridine rings is 1. The van der Waals surface area contributed by atoms with E-state index in [1.165, 1.54) is 6.07 Å². The Morgan fingerprint density at radius 2 is 2.04 bits per heavy atom. The fourth-order valence-corrected chi connectivity index (χ4v) is 2.97. The van der Waals surface area contributed by atoms with Crippen LogP contribution in [-0.4, -0.2) is 24.6 Å². The Morgan fingerprint density at radius 1 is 1.25 bits per heavy atom. The molecule has 1 amide bonds. The van der Waals surface area contributed by atoms with Crippen molar-refractivity contribution in [1.29, 1.82) is 0 Å². The molecule has 1 heterocycles. The Morgan fingerprint density at radius 3 is 2.83 bits per heavy atom. The lowest BCUT2D eigenvalue weighted by atomic mass is 9.91. The van der Waals surface area contributed by atoms with Crippen LogP contribution < -0.4 is 20.3 Å². The van der Waals surface area contributed by atoms with E-state index >= 15 is 0 Å². The van der Waals surface area contributed by atoms with Crippen LogP contribution in [0.5, 0.6) is 11.5 Å². The molecule has 6 nitrogen and oxygen atoms in total. The summed E-state index contributed by atoms with van der Waals surface area (Å²) in [6.07, 6.45) is 2.60. The van der Waals surface area contributed by atoms with Crippen molar-refractivity contribution in [1.82, 2.24) is 10.3 Å². The summed E-state index contributed by atoms with van der Waals surface area (Å²) in [6.45, 7) is -0.0877. The molecular formula is C18H20N2O4. The highest BCUT2D eigenvalue weighted by molar-refractivity contribution is 5.78. The number of amides is 1. The first-order valence-electron chi connectivity index (χ1n) is 7.94. The summed E-state index contributed by atoms with van der Waals surface area (Å²) >= 11 is 0. The van der Waals surface area contributed by atoms with Crippen molar-refractivity contribution in [2.24, 2.45) is 0 Å². The lowest BCUT2D eigenvalue weighted by Crippen LogP contribution is -2.35.